The zero-order chi connectivity index (χ0) is 13.8. The van der Waals surface area contributed by atoms with Gasteiger partial charge < -0.3 is 10.5 Å². The van der Waals surface area contributed by atoms with Crippen LogP contribution in [0.2, 0.25) is 5.02 Å². The summed E-state index contributed by atoms with van der Waals surface area (Å²) >= 11 is 6.09. The lowest BCUT2D eigenvalue weighted by Gasteiger charge is -2.13. The van der Waals surface area contributed by atoms with E-state index in [0.717, 1.165) is 16.7 Å². The fourth-order valence-electron chi connectivity index (χ4n) is 1.82. The number of benzene rings is 2. The van der Waals surface area contributed by atoms with E-state index >= 15 is 0 Å². The molecule has 2 aromatic rings. The van der Waals surface area contributed by atoms with E-state index in [1.54, 1.807) is 12.1 Å². The van der Waals surface area contributed by atoms with E-state index in [-0.39, 0.29) is 12.4 Å². The van der Waals surface area contributed by atoms with Crippen molar-refractivity contribution < 1.29 is 9.13 Å². The maximum atomic E-state index is 13.2. The smallest absolute Gasteiger partial charge is 0.142 e. The molecule has 0 radical (unpaired) electrons. The fraction of sp³-hybridized carbons (Fsp3) is 0.200. The van der Waals surface area contributed by atoms with Crippen LogP contribution in [0.1, 0.15) is 16.7 Å². The van der Waals surface area contributed by atoms with Gasteiger partial charge in [0.2, 0.25) is 0 Å². The molecule has 0 unspecified atom stereocenters. The molecule has 0 atom stereocenters. The minimum absolute atomic E-state index is 0.264. The largest absolute Gasteiger partial charge is 0.487 e. The van der Waals surface area contributed by atoms with Crippen LogP contribution in [0, 0.1) is 12.7 Å². The van der Waals surface area contributed by atoms with Gasteiger partial charge in [-0.3, -0.25) is 0 Å². The number of hydrogen-bond acceptors (Lipinski definition) is 2. The normalized spacial score (nSPS) is 10.5. The summed E-state index contributed by atoms with van der Waals surface area (Å²) in [6.45, 7) is 2.52. The van der Waals surface area contributed by atoms with E-state index in [2.05, 4.69) is 0 Å². The Morgan fingerprint density at radius 3 is 2.74 bits per heavy atom. The molecule has 100 valence electrons. The minimum atomic E-state index is -0.276. The lowest BCUT2D eigenvalue weighted by molar-refractivity contribution is 0.302. The van der Waals surface area contributed by atoms with Crippen molar-refractivity contribution >= 4 is 11.6 Å². The van der Waals surface area contributed by atoms with Crippen molar-refractivity contribution in [3.8, 4) is 5.75 Å². The maximum absolute atomic E-state index is 13.2. The maximum Gasteiger partial charge on any atom is 0.142 e. The van der Waals surface area contributed by atoms with Crippen LogP contribution in [0.15, 0.2) is 36.4 Å². The Kier molecular flexibility index (Phi) is 4.40. The Balaban J connectivity index is 2.21. The molecule has 19 heavy (non-hydrogen) atoms. The quantitative estimate of drug-likeness (QED) is 0.923. The first kappa shape index (κ1) is 13.8. The Labute approximate surface area is 117 Å². The lowest BCUT2D eigenvalue weighted by atomic mass is 10.1. The van der Waals surface area contributed by atoms with Gasteiger partial charge in [0.05, 0.1) is 5.02 Å². The number of aryl methyl sites for hydroxylation is 1. The molecular weight excluding hydrogens is 265 g/mol. The molecule has 0 heterocycles. The highest BCUT2D eigenvalue weighted by molar-refractivity contribution is 6.32. The molecule has 2 nitrogen and oxygen atoms in total. The molecule has 0 saturated heterocycles. The molecule has 0 aliphatic carbocycles. The molecule has 0 spiro atoms. The number of nitrogens with two attached hydrogens (primary N) is 1. The average Bonchev–Trinajstić information content (AvgIpc) is 2.40. The molecule has 4 heteroatoms. The Bertz CT molecular complexity index is 586. The predicted molar refractivity (Wildman–Crippen MR) is 74.8 cm³/mol. The van der Waals surface area contributed by atoms with Gasteiger partial charge in [-0.2, -0.15) is 0 Å². The zero-order valence-electron chi connectivity index (χ0n) is 10.6. The van der Waals surface area contributed by atoms with Crippen molar-refractivity contribution in [1.82, 2.24) is 0 Å². The van der Waals surface area contributed by atoms with Gasteiger partial charge in [-0.15, -0.1) is 0 Å². The number of halogens is 2. The SMILES string of the molecule is Cc1ccc(F)cc1COc1c(Cl)cccc1CN. The summed E-state index contributed by atoms with van der Waals surface area (Å²) in [5.74, 6) is 0.290. The molecule has 0 aromatic heterocycles. The molecule has 0 bridgehead atoms. The van der Waals surface area contributed by atoms with Crippen LogP contribution < -0.4 is 10.5 Å². The van der Waals surface area contributed by atoms with E-state index in [1.807, 2.05) is 19.1 Å². The molecule has 0 aliphatic heterocycles. The summed E-state index contributed by atoms with van der Waals surface area (Å²) in [5, 5.41) is 0.511. The van der Waals surface area contributed by atoms with Gasteiger partial charge >= 0.3 is 0 Å². The molecule has 0 saturated carbocycles. The van der Waals surface area contributed by atoms with Crippen molar-refractivity contribution in [1.29, 1.82) is 0 Å². The standard InChI is InChI=1S/C15H15ClFNO/c1-10-5-6-13(17)7-12(10)9-19-15-11(8-18)3-2-4-14(15)16/h2-7H,8-9,18H2,1H3. The van der Waals surface area contributed by atoms with E-state index in [9.17, 15) is 4.39 Å². The second kappa shape index (κ2) is 6.04. The first-order chi connectivity index (χ1) is 9.11. The second-order valence-corrected chi connectivity index (χ2v) is 4.70. The number of ether oxygens (including phenoxy) is 1. The van der Waals surface area contributed by atoms with Crippen molar-refractivity contribution in [3.63, 3.8) is 0 Å². The van der Waals surface area contributed by atoms with Gasteiger partial charge in [-0.25, -0.2) is 4.39 Å². The number of hydrogen-bond donors (Lipinski definition) is 1. The summed E-state index contributed by atoms with van der Waals surface area (Å²) < 4.78 is 18.9. The van der Waals surface area contributed by atoms with Crippen LogP contribution in [0.4, 0.5) is 4.39 Å². The van der Waals surface area contributed by atoms with Gasteiger partial charge in [-0.05, 0) is 36.2 Å². The van der Waals surface area contributed by atoms with Gasteiger partial charge in [0, 0.05) is 12.1 Å². The predicted octanol–water partition coefficient (Wildman–Crippen LogP) is 3.83. The van der Waals surface area contributed by atoms with Crippen molar-refractivity contribution in [2.24, 2.45) is 5.73 Å². The van der Waals surface area contributed by atoms with Gasteiger partial charge in [0.15, 0.2) is 0 Å². The molecule has 0 fully saturated rings. The van der Waals surface area contributed by atoms with Crippen LogP contribution in [0.3, 0.4) is 0 Å². The molecule has 2 N–H and O–H groups in total. The lowest BCUT2D eigenvalue weighted by Crippen LogP contribution is -2.04. The zero-order valence-corrected chi connectivity index (χ0v) is 11.4. The summed E-state index contributed by atoms with van der Waals surface area (Å²) in [5.41, 5.74) is 8.25. The van der Waals surface area contributed by atoms with Crippen LogP contribution in [0.5, 0.6) is 5.75 Å². The molecule has 0 amide bonds. The van der Waals surface area contributed by atoms with Crippen molar-refractivity contribution in [3.05, 3.63) is 63.9 Å². The topological polar surface area (TPSA) is 35.2 Å². The van der Waals surface area contributed by atoms with E-state index in [1.165, 1.54) is 12.1 Å². The van der Waals surface area contributed by atoms with Gasteiger partial charge in [-0.1, -0.05) is 29.8 Å². The first-order valence-corrected chi connectivity index (χ1v) is 6.35. The molecule has 0 aliphatic rings. The average molecular weight is 280 g/mol. The molecule has 2 aromatic carbocycles. The minimum Gasteiger partial charge on any atom is -0.487 e. The first-order valence-electron chi connectivity index (χ1n) is 5.97. The third kappa shape index (κ3) is 3.25. The summed E-state index contributed by atoms with van der Waals surface area (Å²) in [6, 6.07) is 10.1. The number of rotatable bonds is 4. The monoisotopic (exact) mass is 279 g/mol. The van der Waals surface area contributed by atoms with Crippen molar-refractivity contribution in [2.45, 2.75) is 20.1 Å². The molecule has 2 rings (SSSR count). The van der Waals surface area contributed by atoms with Gasteiger partial charge in [0.1, 0.15) is 18.2 Å². The van der Waals surface area contributed by atoms with E-state index in [4.69, 9.17) is 22.1 Å². The van der Waals surface area contributed by atoms with E-state index < -0.39 is 0 Å². The fourth-order valence-corrected chi connectivity index (χ4v) is 2.07. The van der Waals surface area contributed by atoms with Crippen LogP contribution in [-0.4, -0.2) is 0 Å². The third-order valence-electron chi connectivity index (χ3n) is 2.95. The summed E-state index contributed by atoms with van der Waals surface area (Å²) in [7, 11) is 0. The highest BCUT2D eigenvalue weighted by Crippen LogP contribution is 2.29. The summed E-state index contributed by atoms with van der Waals surface area (Å²) in [6.07, 6.45) is 0. The number of para-hydroxylation sites is 1. The van der Waals surface area contributed by atoms with Crippen LogP contribution in [-0.2, 0) is 13.2 Å². The molecular formula is C15H15ClFNO. The highest BCUT2D eigenvalue weighted by Gasteiger charge is 2.08. The van der Waals surface area contributed by atoms with Gasteiger partial charge in [0.25, 0.3) is 0 Å². The second-order valence-electron chi connectivity index (χ2n) is 4.29. The third-order valence-corrected chi connectivity index (χ3v) is 3.25. The highest BCUT2D eigenvalue weighted by atomic mass is 35.5. The van der Waals surface area contributed by atoms with Crippen molar-refractivity contribution in [2.75, 3.05) is 0 Å². The Morgan fingerprint density at radius 2 is 2.00 bits per heavy atom. The van der Waals surface area contributed by atoms with Crippen LogP contribution >= 0.6 is 11.6 Å². The van der Waals surface area contributed by atoms with E-state index in [0.29, 0.717) is 17.3 Å². The Hall–Kier alpha value is -1.58. The Morgan fingerprint density at radius 1 is 1.21 bits per heavy atom. The summed E-state index contributed by atoms with van der Waals surface area (Å²) in [4.78, 5) is 0. The van der Waals surface area contributed by atoms with Crippen LogP contribution in [0.25, 0.3) is 0 Å².